The molecule has 2 N–H and O–H groups in total. The van der Waals surface area contributed by atoms with Crippen LogP contribution in [0.5, 0.6) is 5.75 Å². The van der Waals surface area contributed by atoms with E-state index in [1.54, 1.807) is 22.9 Å². The lowest BCUT2D eigenvalue weighted by Gasteiger charge is -2.35. The van der Waals surface area contributed by atoms with Crippen LogP contribution in [-0.2, 0) is 0 Å². The minimum Gasteiger partial charge on any atom is -0.505 e. The van der Waals surface area contributed by atoms with E-state index < -0.39 is 17.3 Å². The number of aromatic hydroxyl groups is 1. The van der Waals surface area contributed by atoms with Crippen LogP contribution < -0.4 is 15.9 Å². The third-order valence-electron chi connectivity index (χ3n) is 7.83. The Bertz CT molecular complexity index is 1650. The van der Waals surface area contributed by atoms with E-state index in [4.69, 9.17) is 4.98 Å². The van der Waals surface area contributed by atoms with Gasteiger partial charge in [-0.1, -0.05) is 19.9 Å². The molecule has 0 amide bonds. The van der Waals surface area contributed by atoms with Crippen LogP contribution in [0.15, 0.2) is 41.3 Å². The topological polar surface area (TPSA) is 96.2 Å². The van der Waals surface area contributed by atoms with E-state index in [1.165, 1.54) is 6.07 Å². The number of pyridine rings is 2. The summed E-state index contributed by atoms with van der Waals surface area (Å²) in [6.07, 6.45) is 3.70. The number of benzene rings is 1. The molecule has 1 unspecified atom stereocenters. The van der Waals surface area contributed by atoms with Crippen molar-refractivity contribution in [3.63, 3.8) is 0 Å². The predicted octanol–water partition coefficient (Wildman–Crippen LogP) is 4.79. The molecule has 1 saturated heterocycles. The fourth-order valence-corrected chi connectivity index (χ4v) is 5.63. The minimum absolute atomic E-state index is 0.0449. The van der Waals surface area contributed by atoms with Gasteiger partial charge in [0.2, 0.25) is 0 Å². The normalized spacial score (nSPS) is 17.8. The first-order valence-electron chi connectivity index (χ1n) is 13.6. The first-order chi connectivity index (χ1) is 18.8. The second kappa shape index (κ2) is 9.72. The lowest BCUT2D eigenvalue weighted by molar-refractivity contribution is 0.433. The number of phenols is 1. The second-order valence-corrected chi connectivity index (χ2v) is 11.0. The maximum absolute atomic E-state index is 15.3. The van der Waals surface area contributed by atoms with Gasteiger partial charge in [0.1, 0.15) is 5.82 Å². The lowest BCUT2D eigenvalue weighted by atomic mass is 9.99. The number of hydrogen-bond donors (Lipinski definition) is 2. The van der Waals surface area contributed by atoms with Crippen molar-refractivity contribution in [3.05, 3.63) is 69.7 Å². The van der Waals surface area contributed by atoms with Crippen molar-refractivity contribution in [1.29, 1.82) is 0 Å². The predicted molar refractivity (Wildman–Crippen MR) is 150 cm³/mol. The standard InChI is InChI=1S/C30H33FN6O2/c1-16(2)25-27(17(3)10-11-33-25)37-29-22(28(35-30(37)39)36-13-12-32-15-18(36)4)14-21(19-8-9-19)26(34-29)20-6-5-7-23(38)24(20)31/h5-7,10-11,14,16,18-19,32,38H,8-9,12-13,15H2,1-4H3. The third-order valence-corrected chi connectivity index (χ3v) is 7.83. The average Bonchev–Trinajstić information content (AvgIpc) is 3.75. The summed E-state index contributed by atoms with van der Waals surface area (Å²) >= 11 is 0. The highest BCUT2D eigenvalue weighted by Gasteiger charge is 2.32. The van der Waals surface area contributed by atoms with Crippen LogP contribution in [0, 0.1) is 12.7 Å². The van der Waals surface area contributed by atoms with Crippen LogP contribution in [0.4, 0.5) is 10.2 Å². The van der Waals surface area contributed by atoms with Gasteiger partial charge in [-0.15, -0.1) is 0 Å². The molecular weight excluding hydrogens is 495 g/mol. The quantitative estimate of drug-likeness (QED) is 0.384. The Labute approximate surface area is 226 Å². The number of anilines is 1. The molecule has 1 aromatic carbocycles. The summed E-state index contributed by atoms with van der Waals surface area (Å²) in [6.45, 7) is 10.4. The summed E-state index contributed by atoms with van der Waals surface area (Å²) in [5.74, 6) is -0.262. The van der Waals surface area contributed by atoms with Crippen molar-refractivity contribution in [2.45, 2.75) is 58.4 Å². The number of fused-ring (bicyclic) bond motifs is 1. The Morgan fingerprint density at radius 1 is 1.18 bits per heavy atom. The summed E-state index contributed by atoms with van der Waals surface area (Å²) in [5.41, 5.74) is 3.84. The highest BCUT2D eigenvalue weighted by atomic mass is 19.1. The molecule has 1 saturated carbocycles. The fraction of sp³-hybridized carbons (Fsp3) is 0.400. The first-order valence-corrected chi connectivity index (χ1v) is 13.6. The zero-order valence-corrected chi connectivity index (χ0v) is 22.7. The lowest BCUT2D eigenvalue weighted by Crippen LogP contribution is -2.50. The smallest absolute Gasteiger partial charge is 0.355 e. The molecule has 3 aromatic heterocycles. The number of halogens is 1. The number of nitrogens with one attached hydrogen (secondary N) is 1. The summed E-state index contributed by atoms with van der Waals surface area (Å²) in [7, 11) is 0. The van der Waals surface area contributed by atoms with Crippen molar-refractivity contribution in [2.24, 2.45) is 0 Å². The molecule has 1 aliphatic carbocycles. The molecule has 39 heavy (non-hydrogen) atoms. The number of rotatable bonds is 5. The Morgan fingerprint density at radius 2 is 1.97 bits per heavy atom. The zero-order chi connectivity index (χ0) is 27.4. The molecule has 4 aromatic rings. The number of hydrogen-bond acceptors (Lipinski definition) is 7. The fourth-order valence-electron chi connectivity index (χ4n) is 5.63. The van der Waals surface area contributed by atoms with E-state index >= 15 is 4.39 Å². The number of piperazine rings is 1. The number of aromatic nitrogens is 4. The molecule has 1 atom stereocenters. The van der Waals surface area contributed by atoms with E-state index in [1.807, 2.05) is 32.9 Å². The van der Waals surface area contributed by atoms with E-state index in [0.29, 0.717) is 29.4 Å². The Morgan fingerprint density at radius 3 is 2.69 bits per heavy atom. The first kappa shape index (κ1) is 25.4. The second-order valence-electron chi connectivity index (χ2n) is 11.0. The Hall–Kier alpha value is -3.85. The highest BCUT2D eigenvalue weighted by molar-refractivity contribution is 5.92. The van der Waals surface area contributed by atoms with Crippen LogP contribution in [0.25, 0.3) is 28.0 Å². The number of nitrogens with zero attached hydrogens (tertiary/aromatic N) is 5. The monoisotopic (exact) mass is 528 g/mol. The van der Waals surface area contributed by atoms with Crippen LogP contribution >= 0.6 is 0 Å². The van der Waals surface area contributed by atoms with Crippen LogP contribution in [-0.4, -0.2) is 50.3 Å². The van der Waals surface area contributed by atoms with Gasteiger partial charge in [-0.2, -0.15) is 4.98 Å². The maximum Gasteiger partial charge on any atom is 0.355 e. The SMILES string of the molecule is Cc1ccnc(C(C)C)c1-n1c(=O)nc(N2CCNCC2C)c2cc(C3CC3)c(-c3cccc(O)c3F)nc21. The van der Waals surface area contributed by atoms with Gasteiger partial charge in [-0.25, -0.2) is 18.7 Å². The molecule has 0 bridgehead atoms. The molecule has 6 rings (SSSR count). The molecule has 9 heteroatoms. The van der Waals surface area contributed by atoms with Gasteiger partial charge in [-0.05, 0) is 73.9 Å². The van der Waals surface area contributed by atoms with Crippen molar-refractivity contribution >= 4 is 16.9 Å². The van der Waals surface area contributed by atoms with Crippen molar-refractivity contribution in [2.75, 3.05) is 24.5 Å². The number of aryl methyl sites for hydroxylation is 1. The van der Waals surface area contributed by atoms with Gasteiger partial charge in [0, 0.05) is 37.4 Å². The van der Waals surface area contributed by atoms with Gasteiger partial charge in [0.05, 0.1) is 22.5 Å². The van der Waals surface area contributed by atoms with Crippen molar-refractivity contribution in [1.82, 2.24) is 24.8 Å². The van der Waals surface area contributed by atoms with E-state index in [0.717, 1.165) is 48.1 Å². The summed E-state index contributed by atoms with van der Waals surface area (Å²) in [4.78, 5) is 30.5. The van der Waals surface area contributed by atoms with Gasteiger partial charge in [0.25, 0.3) is 0 Å². The number of phenolic OH excluding ortho intramolecular Hbond substituents is 1. The Balaban J connectivity index is 1.75. The van der Waals surface area contributed by atoms with Gasteiger partial charge in [-0.3, -0.25) is 4.98 Å². The molecule has 0 radical (unpaired) electrons. The van der Waals surface area contributed by atoms with E-state index in [9.17, 15) is 9.90 Å². The van der Waals surface area contributed by atoms with Crippen LogP contribution in [0.2, 0.25) is 0 Å². The average molecular weight is 529 g/mol. The summed E-state index contributed by atoms with van der Waals surface area (Å²) in [5, 5.41) is 14.3. The van der Waals surface area contributed by atoms with Crippen LogP contribution in [0.3, 0.4) is 0 Å². The molecule has 8 nitrogen and oxygen atoms in total. The van der Waals surface area contributed by atoms with Gasteiger partial charge >= 0.3 is 5.69 Å². The maximum atomic E-state index is 15.3. The van der Waals surface area contributed by atoms with Crippen molar-refractivity contribution in [3.8, 4) is 22.7 Å². The van der Waals surface area contributed by atoms with Crippen LogP contribution in [0.1, 0.15) is 62.3 Å². The summed E-state index contributed by atoms with van der Waals surface area (Å²) < 4.78 is 16.9. The molecular formula is C30H33FN6O2. The molecule has 2 aliphatic rings. The van der Waals surface area contributed by atoms with Crippen molar-refractivity contribution < 1.29 is 9.50 Å². The molecule has 4 heterocycles. The molecule has 2 fully saturated rings. The van der Waals surface area contributed by atoms with E-state index in [2.05, 4.69) is 27.1 Å². The zero-order valence-electron chi connectivity index (χ0n) is 22.7. The molecule has 1 aliphatic heterocycles. The largest absolute Gasteiger partial charge is 0.505 e. The van der Waals surface area contributed by atoms with Gasteiger partial charge in [0.15, 0.2) is 17.2 Å². The minimum atomic E-state index is -0.717. The summed E-state index contributed by atoms with van der Waals surface area (Å²) in [6, 6.07) is 8.63. The molecule has 0 spiro atoms. The third kappa shape index (κ3) is 4.34. The molecule has 202 valence electrons. The van der Waals surface area contributed by atoms with E-state index in [-0.39, 0.29) is 23.4 Å². The highest BCUT2D eigenvalue weighted by Crippen LogP contribution is 2.46. The Kier molecular flexibility index (Phi) is 6.33. The van der Waals surface area contributed by atoms with Gasteiger partial charge < -0.3 is 15.3 Å².